The number of nitrogens with zero attached hydrogens (tertiary/aromatic N) is 3. The van der Waals surface area contributed by atoms with Gasteiger partial charge >= 0.3 is 272 Å². The molecule has 349 valence electrons. The van der Waals surface area contributed by atoms with E-state index in [1.807, 2.05) is 47.2 Å². The molecule has 1 radical (unpaired) electrons. The molecule has 7 rings (SSSR count). The third kappa shape index (κ3) is 13.2. The number of anilines is 1. The third-order valence-electron chi connectivity index (χ3n) is 12.1. The van der Waals surface area contributed by atoms with Crippen molar-refractivity contribution in [3.05, 3.63) is 119 Å². The average molecular weight is 1050 g/mol. The fourth-order valence-electron chi connectivity index (χ4n) is 8.32. The van der Waals surface area contributed by atoms with Crippen LogP contribution in [0.2, 0.25) is 9.73 Å². The summed E-state index contributed by atoms with van der Waals surface area (Å²) in [5.41, 5.74) is 5.26. The summed E-state index contributed by atoms with van der Waals surface area (Å²) in [6, 6.07) is 27.5. The normalized spacial score (nSPS) is 18.6. The number of halogens is 4. The van der Waals surface area contributed by atoms with E-state index >= 15 is 0 Å². The predicted molar refractivity (Wildman–Crippen MR) is 258 cm³/mol. The molecule has 1 N–H and O–H groups in total. The summed E-state index contributed by atoms with van der Waals surface area (Å²) in [7, 11) is -10.3. The van der Waals surface area contributed by atoms with Gasteiger partial charge in [-0.2, -0.15) is 0 Å². The summed E-state index contributed by atoms with van der Waals surface area (Å²) >= 11 is 11.9. The second kappa shape index (κ2) is 21.5. The van der Waals surface area contributed by atoms with Crippen molar-refractivity contribution in [2.24, 2.45) is 5.41 Å². The Kier molecular flexibility index (Phi) is 16.5. The van der Waals surface area contributed by atoms with Crippen molar-refractivity contribution in [1.82, 2.24) is 14.5 Å². The van der Waals surface area contributed by atoms with Gasteiger partial charge in [0.2, 0.25) is 0 Å². The number of hydrogen-bond donors (Lipinski definition) is 1. The topological polar surface area (TPSA) is 116 Å². The molecule has 2 aliphatic heterocycles. The van der Waals surface area contributed by atoms with Gasteiger partial charge in [0, 0.05) is 37.7 Å². The van der Waals surface area contributed by atoms with Crippen LogP contribution in [0, 0.1) is 5.41 Å². The number of alkyl halides is 3. The Labute approximate surface area is 403 Å². The molecular formula is C47H54AsCl2F2N4O6S3. The molecule has 4 aromatic carbocycles. The molecule has 18 heteroatoms. The van der Waals surface area contributed by atoms with Gasteiger partial charge in [-0.05, 0) is 47.9 Å². The number of sulfonamides is 1. The number of carbonyl (C=O) groups excluding carboxylic acids is 1. The predicted octanol–water partition coefficient (Wildman–Crippen LogP) is 8.44. The second-order valence-electron chi connectivity index (χ2n) is 17.4. The number of morpholine rings is 1. The number of nitrogens with one attached hydrogen (secondary N) is 1. The van der Waals surface area contributed by atoms with Crippen molar-refractivity contribution in [2.75, 3.05) is 76.2 Å². The minimum Gasteiger partial charge on any atom is -0.0843 e. The van der Waals surface area contributed by atoms with Gasteiger partial charge in [-0.3, -0.25) is 4.90 Å². The van der Waals surface area contributed by atoms with Gasteiger partial charge in [-0.1, -0.05) is 43.2 Å². The minimum atomic E-state index is -5.53. The van der Waals surface area contributed by atoms with E-state index in [0.29, 0.717) is 38.0 Å². The number of piperazine rings is 1. The summed E-state index contributed by atoms with van der Waals surface area (Å²) in [4.78, 5) is 19.8. The Morgan fingerprint density at radius 3 is 2.23 bits per heavy atom. The number of allylic oxidation sites excluding steroid dienone is 1. The summed E-state index contributed by atoms with van der Waals surface area (Å²) in [5, 5.41) is 0.722. The summed E-state index contributed by atoms with van der Waals surface area (Å²) in [5.74, 6) is -0.370. The Bertz CT molecular complexity index is 2540. The fourth-order valence-corrected chi connectivity index (χ4v) is 15.7. The van der Waals surface area contributed by atoms with Crippen LogP contribution in [0.3, 0.4) is 0 Å². The van der Waals surface area contributed by atoms with E-state index in [1.54, 1.807) is 23.9 Å². The van der Waals surface area contributed by atoms with Crippen LogP contribution in [0.1, 0.15) is 55.5 Å². The van der Waals surface area contributed by atoms with E-state index in [1.165, 1.54) is 34.9 Å². The Hall–Kier alpha value is -2.98. The SMILES string of the molecule is CC1(C)CCC(CN2CCN(c3ccc(C(=O)NS(=O)(=O)c4ccc([As][C@H](CCN5CCOCC5)CSc5ccccc5)c(S(=O)(=O)C(F)(F)Cl)c4)cc3)CC2)=C(c2ccc(Cl)cc2)C1. The number of thioether (sulfide) groups is 1. The molecule has 2 fully saturated rings. The Morgan fingerprint density at radius 2 is 1.57 bits per heavy atom. The van der Waals surface area contributed by atoms with Gasteiger partial charge in [0.25, 0.3) is 0 Å². The monoisotopic (exact) mass is 1050 g/mol. The van der Waals surface area contributed by atoms with Crippen LogP contribution in [0.4, 0.5) is 14.5 Å². The van der Waals surface area contributed by atoms with E-state index in [9.17, 15) is 30.4 Å². The molecule has 0 saturated carbocycles. The summed E-state index contributed by atoms with van der Waals surface area (Å²) in [6.45, 7) is 12.2. The van der Waals surface area contributed by atoms with Crippen LogP contribution in [-0.4, -0.2) is 124 Å². The standard InChI is InChI=1S/C47H54AsCl2F2N4O6S3/c1-46(2)20-18-36(42(31-46)34-8-12-38(49)13-9-34)32-55-22-24-56(25-23-55)39-14-10-35(11-15-39)45(57)53-65(60,61)41-16-17-43(44(30-41)64(58,59)47(50,51)52)48-37(19-21-54-26-28-62-29-27-54)33-63-40-6-4-3-5-7-40/h3-17,30,37H,18-29,31-33H2,1-2H3,(H,53,57)/t37-/m1/s1. The van der Waals surface area contributed by atoms with Crippen LogP contribution in [-0.2, 0) is 24.6 Å². The second-order valence-corrected chi connectivity index (χ2v) is 26.4. The Morgan fingerprint density at radius 1 is 0.892 bits per heavy atom. The third-order valence-corrected chi connectivity index (χ3v) is 21.0. The largest absolute Gasteiger partial charge is 0.0843 e. The fraction of sp³-hybridized carbons (Fsp3) is 0.426. The van der Waals surface area contributed by atoms with Gasteiger partial charge in [-0.25, -0.2) is 0 Å². The van der Waals surface area contributed by atoms with Gasteiger partial charge < -0.3 is 0 Å². The van der Waals surface area contributed by atoms with Gasteiger partial charge in [0.1, 0.15) is 0 Å². The van der Waals surface area contributed by atoms with E-state index in [2.05, 4.69) is 40.7 Å². The minimum absolute atomic E-state index is 0.0543. The van der Waals surface area contributed by atoms with E-state index in [-0.39, 0.29) is 20.0 Å². The maximum atomic E-state index is 14.6. The number of hydrogen-bond acceptors (Lipinski definition) is 10. The first-order valence-corrected chi connectivity index (χ1v) is 28.4. The van der Waals surface area contributed by atoms with Gasteiger partial charge in [0.05, 0.1) is 0 Å². The molecule has 0 unspecified atom stereocenters. The zero-order valence-electron chi connectivity index (χ0n) is 36.4. The molecule has 2 heterocycles. The number of benzene rings is 4. The van der Waals surface area contributed by atoms with E-state index < -0.39 is 56.0 Å². The van der Waals surface area contributed by atoms with Crippen molar-refractivity contribution in [1.29, 1.82) is 0 Å². The van der Waals surface area contributed by atoms with Gasteiger partial charge in [-0.15, -0.1) is 0 Å². The average Bonchev–Trinajstić information content (AvgIpc) is 3.28. The van der Waals surface area contributed by atoms with Gasteiger partial charge in [0.15, 0.2) is 0 Å². The van der Waals surface area contributed by atoms with Crippen LogP contribution < -0.4 is 14.0 Å². The van der Waals surface area contributed by atoms with Crippen molar-refractivity contribution < 1.29 is 35.1 Å². The zero-order chi connectivity index (χ0) is 46.4. The molecule has 1 amide bonds. The van der Waals surface area contributed by atoms with Crippen molar-refractivity contribution in [3.8, 4) is 0 Å². The molecule has 3 aliphatic rings. The number of rotatable bonds is 17. The summed E-state index contributed by atoms with van der Waals surface area (Å²) in [6.07, 6.45) is 3.85. The first kappa shape index (κ1) is 49.9. The molecule has 1 atom stereocenters. The number of sulfone groups is 1. The molecule has 1 aliphatic carbocycles. The van der Waals surface area contributed by atoms with Crippen LogP contribution in [0.25, 0.3) is 5.57 Å². The quantitative estimate of drug-likeness (QED) is 0.0628. The van der Waals surface area contributed by atoms with Crippen molar-refractivity contribution >= 4 is 92.1 Å². The Balaban J connectivity index is 1.02. The number of ether oxygens (including phenoxy) is 1. The van der Waals surface area contributed by atoms with E-state index in [4.69, 9.17) is 27.9 Å². The van der Waals surface area contributed by atoms with Crippen LogP contribution in [0.5, 0.6) is 0 Å². The van der Waals surface area contributed by atoms with Crippen molar-refractivity contribution in [3.63, 3.8) is 0 Å². The molecule has 2 saturated heterocycles. The molecular weight excluding hydrogens is 997 g/mol. The maximum absolute atomic E-state index is 14.6. The molecule has 0 aromatic heterocycles. The molecule has 65 heavy (non-hydrogen) atoms. The smallest absolute Gasteiger partial charge is 0.0406 e. The molecule has 10 nitrogen and oxygen atoms in total. The summed E-state index contributed by atoms with van der Waals surface area (Å²) < 4.78 is 86.1. The van der Waals surface area contributed by atoms with Crippen LogP contribution >= 0.6 is 35.0 Å². The first-order valence-electron chi connectivity index (χ1n) is 21.6. The van der Waals surface area contributed by atoms with Crippen LogP contribution in [0.15, 0.2) is 117 Å². The first-order chi connectivity index (χ1) is 30.9. The zero-order valence-corrected chi connectivity index (χ0v) is 42.2. The van der Waals surface area contributed by atoms with E-state index in [0.717, 1.165) is 86.7 Å². The molecule has 0 bridgehead atoms. The molecule has 4 aromatic rings. The van der Waals surface area contributed by atoms with Crippen molar-refractivity contribution in [2.45, 2.75) is 63.6 Å². The maximum Gasteiger partial charge on any atom is 0.0406 e. The molecule has 0 spiro atoms. The number of amides is 1. The number of carbonyl (C=O) groups is 1.